The van der Waals surface area contributed by atoms with Gasteiger partial charge in [-0.3, -0.25) is 9.59 Å². The van der Waals surface area contributed by atoms with Crippen LogP contribution in [0.15, 0.2) is 41.9 Å². The molecule has 1 aromatic rings. The molecule has 156 valence electrons. The van der Waals surface area contributed by atoms with Crippen LogP contribution in [0.1, 0.15) is 29.8 Å². The zero-order valence-electron chi connectivity index (χ0n) is 17.2. The SMILES string of the molecule is COC1=CC(=O)[C@]2(C=C1OC)OC[C@H]1Oc3c(ccc4c3C=CC(C)(C)O4)C(=O)[C@H]12. The number of Topliss-reactive ketones (excluding diaryl/α,β-unsaturated/α-hetero) is 1. The molecule has 5 rings (SSSR count). The van der Waals surface area contributed by atoms with Crippen molar-refractivity contribution in [1.29, 1.82) is 0 Å². The van der Waals surface area contributed by atoms with E-state index in [-0.39, 0.29) is 18.2 Å². The standard InChI is InChI=1S/C23H22O7/c1-22(2)8-7-12-14(30-22)6-5-13-20(25)19-17(29-21(12)13)11-28-23(19)10-16(27-4)15(26-3)9-18(23)24/h5-10,17,19H,11H2,1-4H3/t17-,19+,23+/m1/s1. The van der Waals surface area contributed by atoms with E-state index in [0.29, 0.717) is 28.6 Å². The number of hydrogen-bond acceptors (Lipinski definition) is 7. The number of hydrogen-bond donors (Lipinski definition) is 0. The minimum atomic E-state index is -1.48. The number of benzene rings is 1. The van der Waals surface area contributed by atoms with Gasteiger partial charge in [-0.05, 0) is 38.1 Å². The van der Waals surface area contributed by atoms with E-state index >= 15 is 0 Å². The molecule has 0 radical (unpaired) electrons. The molecule has 7 heteroatoms. The van der Waals surface area contributed by atoms with Gasteiger partial charge in [0.2, 0.25) is 0 Å². The molecule has 0 N–H and O–H groups in total. The number of rotatable bonds is 2. The van der Waals surface area contributed by atoms with Crippen LogP contribution in [-0.2, 0) is 19.0 Å². The van der Waals surface area contributed by atoms with Crippen LogP contribution in [0.2, 0.25) is 0 Å². The van der Waals surface area contributed by atoms with Gasteiger partial charge < -0.3 is 23.7 Å². The summed E-state index contributed by atoms with van der Waals surface area (Å²) in [5, 5.41) is 0. The fraction of sp³-hybridized carbons (Fsp3) is 0.391. The van der Waals surface area contributed by atoms with Gasteiger partial charge in [-0.15, -0.1) is 0 Å². The number of carbonyl (C=O) groups is 2. The Kier molecular flexibility index (Phi) is 3.92. The van der Waals surface area contributed by atoms with Gasteiger partial charge in [0.05, 0.1) is 32.0 Å². The molecular weight excluding hydrogens is 388 g/mol. The summed E-state index contributed by atoms with van der Waals surface area (Å²) in [5.74, 6) is 0.386. The predicted molar refractivity (Wildman–Crippen MR) is 106 cm³/mol. The topological polar surface area (TPSA) is 80.3 Å². The van der Waals surface area contributed by atoms with Gasteiger partial charge in [0, 0.05) is 12.2 Å². The lowest BCUT2D eigenvalue weighted by molar-refractivity contribution is -0.131. The van der Waals surface area contributed by atoms with E-state index in [1.54, 1.807) is 12.1 Å². The summed E-state index contributed by atoms with van der Waals surface area (Å²) in [7, 11) is 2.93. The molecule has 4 aliphatic rings. The van der Waals surface area contributed by atoms with Gasteiger partial charge in [0.25, 0.3) is 0 Å². The lowest BCUT2D eigenvalue weighted by Crippen LogP contribution is -2.51. The third kappa shape index (κ3) is 2.48. The summed E-state index contributed by atoms with van der Waals surface area (Å²) in [5.41, 5.74) is -0.778. The molecule has 3 aliphatic heterocycles. The summed E-state index contributed by atoms with van der Waals surface area (Å²) in [4.78, 5) is 26.6. The third-order valence-electron chi connectivity index (χ3n) is 5.99. The van der Waals surface area contributed by atoms with Crippen molar-refractivity contribution in [3.8, 4) is 11.5 Å². The molecule has 1 aliphatic carbocycles. The van der Waals surface area contributed by atoms with Crippen molar-refractivity contribution in [2.45, 2.75) is 31.2 Å². The summed E-state index contributed by atoms with van der Waals surface area (Å²) in [6.45, 7) is 4.02. The van der Waals surface area contributed by atoms with Crippen LogP contribution in [0.25, 0.3) is 6.08 Å². The highest BCUT2D eigenvalue weighted by Gasteiger charge is 2.61. The average molecular weight is 410 g/mol. The lowest BCUT2D eigenvalue weighted by Gasteiger charge is -2.37. The Morgan fingerprint density at radius 1 is 1.10 bits per heavy atom. The molecule has 1 saturated heterocycles. The Bertz CT molecular complexity index is 1060. The third-order valence-corrected chi connectivity index (χ3v) is 5.99. The van der Waals surface area contributed by atoms with Gasteiger partial charge in [0.15, 0.2) is 28.7 Å². The average Bonchev–Trinajstić information content (AvgIpc) is 3.08. The molecule has 30 heavy (non-hydrogen) atoms. The van der Waals surface area contributed by atoms with Crippen LogP contribution in [-0.4, -0.2) is 49.7 Å². The second kappa shape index (κ2) is 6.22. The van der Waals surface area contributed by atoms with Crippen LogP contribution < -0.4 is 9.47 Å². The first-order valence-corrected chi connectivity index (χ1v) is 9.77. The largest absolute Gasteiger partial charge is 0.493 e. The van der Waals surface area contributed by atoms with Gasteiger partial charge in [-0.1, -0.05) is 0 Å². The van der Waals surface area contributed by atoms with Crippen LogP contribution >= 0.6 is 0 Å². The summed E-state index contributed by atoms with van der Waals surface area (Å²) >= 11 is 0. The molecular formula is C23H22O7. The minimum absolute atomic E-state index is 0.102. The van der Waals surface area contributed by atoms with E-state index in [0.717, 1.165) is 5.56 Å². The molecule has 3 atom stereocenters. The highest BCUT2D eigenvalue weighted by Crippen LogP contribution is 2.49. The van der Waals surface area contributed by atoms with E-state index in [9.17, 15) is 9.59 Å². The molecule has 0 unspecified atom stereocenters. The molecule has 0 amide bonds. The van der Waals surface area contributed by atoms with Gasteiger partial charge in [0.1, 0.15) is 29.1 Å². The first-order valence-electron chi connectivity index (χ1n) is 9.77. The second-order valence-corrected chi connectivity index (χ2v) is 8.28. The van der Waals surface area contributed by atoms with Crippen molar-refractivity contribution >= 4 is 17.6 Å². The maximum absolute atomic E-state index is 13.6. The number of carbonyl (C=O) groups excluding carboxylic acids is 2. The molecule has 0 saturated carbocycles. The van der Waals surface area contributed by atoms with Crippen LogP contribution in [0.5, 0.6) is 11.5 Å². The fourth-order valence-electron chi connectivity index (χ4n) is 4.53. The first-order chi connectivity index (χ1) is 14.3. The van der Waals surface area contributed by atoms with Crippen molar-refractivity contribution in [3.63, 3.8) is 0 Å². The van der Waals surface area contributed by atoms with E-state index in [4.69, 9.17) is 23.7 Å². The maximum Gasteiger partial charge on any atom is 0.196 e. The minimum Gasteiger partial charge on any atom is -0.493 e. The highest BCUT2D eigenvalue weighted by molar-refractivity contribution is 6.11. The number of ether oxygens (including phenoxy) is 5. The highest BCUT2D eigenvalue weighted by atomic mass is 16.6. The van der Waals surface area contributed by atoms with Crippen LogP contribution in [0.4, 0.5) is 0 Å². The first kappa shape index (κ1) is 18.9. The molecule has 1 spiro atoms. The number of ketones is 2. The van der Waals surface area contributed by atoms with Crippen molar-refractivity contribution < 1.29 is 33.3 Å². The van der Waals surface area contributed by atoms with E-state index in [1.807, 2.05) is 26.0 Å². The Morgan fingerprint density at radius 3 is 2.60 bits per heavy atom. The Hall–Kier alpha value is -3.06. The molecule has 0 bridgehead atoms. The lowest BCUT2D eigenvalue weighted by atomic mass is 9.74. The van der Waals surface area contributed by atoms with Crippen molar-refractivity contribution in [2.75, 3.05) is 20.8 Å². The van der Waals surface area contributed by atoms with Crippen molar-refractivity contribution in [2.24, 2.45) is 5.92 Å². The zero-order valence-corrected chi connectivity index (χ0v) is 17.2. The van der Waals surface area contributed by atoms with E-state index in [2.05, 4.69) is 0 Å². The summed E-state index contributed by atoms with van der Waals surface area (Å²) in [6.07, 6.45) is 6.09. The van der Waals surface area contributed by atoms with Gasteiger partial charge in [-0.2, -0.15) is 0 Å². The van der Waals surface area contributed by atoms with Crippen molar-refractivity contribution in [1.82, 2.24) is 0 Å². The summed E-state index contributed by atoms with van der Waals surface area (Å²) in [6, 6.07) is 3.46. The Morgan fingerprint density at radius 2 is 1.87 bits per heavy atom. The zero-order chi connectivity index (χ0) is 21.3. The molecule has 0 aromatic heterocycles. The quantitative estimate of drug-likeness (QED) is 0.742. The number of fused-ring (bicyclic) bond motifs is 5. The Balaban J connectivity index is 1.59. The van der Waals surface area contributed by atoms with Crippen LogP contribution in [0, 0.1) is 5.92 Å². The van der Waals surface area contributed by atoms with E-state index < -0.39 is 23.2 Å². The van der Waals surface area contributed by atoms with Gasteiger partial charge in [-0.25, -0.2) is 0 Å². The van der Waals surface area contributed by atoms with Crippen molar-refractivity contribution in [3.05, 3.63) is 53.0 Å². The molecule has 3 heterocycles. The number of methoxy groups -OCH3 is 2. The molecule has 1 aromatic carbocycles. The van der Waals surface area contributed by atoms with Crippen LogP contribution in [0.3, 0.4) is 0 Å². The normalized spacial score (nSPS) is 30.4. The molecule has 1 fully saturated rings. The molecule has 7 nitrogen and oxygen atoms in total. The van der Waals surface area contributed by atoms with Gasteiger partial charge >= 0.3 is 0 Å². The van der Waals surface area contributed by atoms with E-state index in [1.165, 1.54) is 26.4 Å². The summed E-state index contributed by atoms with van der Waals surface area (Å²) < 4.78 is 28.8. The maximum atomic E-state index is 13.6. The second-order valence-electron chi connectivity index (χ2n) is 8.28. The monoisotopic (exact) mass is 410 g/mol. The predicted octanol–water partition coefficient (Wildman–Crippen LogP) is 2.84. The Labute approximate surface area is 173 Å². The fourth-order valence-corrected chi connectivity index (χ4v) is 4.53. The smallest absolute Gasteiger partial charge is 0.196 e.